The highest BCUT2D eigenvalue weighted by molar-refractivity contribution is 5.88. The van der Waals surface area contributed by atoms with E-state index in [2.05, 4.69) is 5.32 Å². The summed E-state index contributed by atoms with van der Waals surface area (Å²) in [5, 5.41) is 5.08. The molecule has 0 aliphatic carbocycles. The molecule has 0 radical (unpaired) electrons. The van der Waals surface area contributed by atoms with Crippen LogP contribution in [0.25, 0.3) is 10.8 Å². The standard InChI is InChI=1S/C22H22FNO2/c23-19-9-3-6-17(16-19)13-14-24-22(25)12-5-15-26-21-11-4-8-18-7-1-2-10-20(18)21/h1-4,6-11,16H,5,12-15H2,(H,24,25). The summed E-state index contributed by atoms with van der Waals surface area (Å²) in [6.07, 6.45) is 1.68. The maximum Gasteiger partial charge on any atom is 0.220 e. The average Bonchev–Trinajstić information content (AvgIpc) is 2.65. The molecule has 3 aromatic carbocycles. The van der Waals surface area contributed by atoms with E-state index in [4.69, 9.17) is 4.74 Å². The summed E-state index contributed by atoms with van der Waals surface area (Å²) in [4.78, 5) is 11.9. The van der Waals surface area contributed by atoms with Crippen LogP contribution in [-0.4, -0.2) is 19.1 Å². The van der Waals surface area contributed by atoms with Gasteiger partial charge < -0.3 is 10.1 Å². The molecule has 1 N–H and O–H groups in total. The maximum absolute atomic E-state index is 13.1. The van der Waals surface area contributed by atoms with Gasteiger partial charge in [0.05, 0.1) is 6.61 Å². The second-order valence-electron chi connectivity index (χ2n) is 6.16. The number of halogens is 1. The third kappa shape index (κ3) is 5.06. The van der Waals surface area contributed by atoms with E-state index in [1.807, 2.05) is 48.5 Å². The number of hydrogen-bond donors (Lipinski definition) is 1. The third-order valence-corrected chi connectivity index (χ3v) is 4.18. The van der Waals surface area contributed by atoms with Gasteiger partial charge in [0.1, 0.15) is 11.6 Å². The Morgan fingerprint density at radius 2 is 1.81 bits per heavy atom. The van der Waals surface area contributed by atoms with Crippen molar-refractivity contribution in [1.29, 1.82) is 0 Å². The minimum absolute atomic E-state index is 0.0112. The number of amides is 1. The Kier molecular flexibility index (Phi) is 6.20. The number of nitrogens with one attached hydrogen (secondary N) is 1. The van der Waals surface area contributed by atoms with E-state index in [1.165, 1.54) is 12.1 Å². The predicted molar refractivity (Wildman–Crippen MR) is 102 cm³/mol. The number of hydrogen-bond acceptors (Lipinski definition) is 2. The lowest BCUT2D eigenvalue weighted by Crippen LogP contribution is -2.25. The van der Waals surface area contributed by atoms with Crippen molar-refractivity contribution in [2.75, 3.05) is 13.2 Å². The van der Waals surface area contributed by atoms with E-state index in [0.29, 0.717) is 32.4 Å². The number of fused-ring (bicyclic) bond motifs is 1. The summed E-state index contributed by atoms with van der Waals surface area (Å²) in [6, 6.07) is 20.5. The third-order valence-electron chi connectivity index (χ3n) is 4.18. The van der Waals surface area contributed by atoms with Crippen LogP contribution in [0.15, 0.2) is 66.7 Å². The molecule has 3 nitrogen and oxygen atoms in total. The van der Waals surface area contributed by atoms with Crippen LogP contribution in [0.4, 0.5) is 4.39 Å². The molecule has 0 aliphatic heterocycles. The van der Waals surface area contributed by atoms with Gasteiger partial charge in [0.15, 0.2) is 0 Å². The van der Waals surface area contributed by atoms with Gasteiger partial charge in [-0.2, -0.15) is 0 Å². The summed E-state index contributed by atoms with van der Waals surface area (Å²) in [5.74, 6) is 0.581. The van der Waals surface area contributed by atoms with Crippen molar-refractivity contribution in [3.05, 3.63) is 78.1 Å². The molecule has 3 aromatic rings. The van der Waals surface area contributed by atoms with Gasteiger partial charge in [-0.05, 0) is 42.0 Å². The molecule has 0 saturated carbocycles. The minimum atomic E-state index is -0.251. The van der Waals surface area contributed by atoms with Crippen LogP contribution in [0.2, 0.25) is 0 Å². The summed E-state index contributed by atoms with van der Waals surface area (Å²) in [6.45, 7) is 0.998. The van der Waals surface area contributed by atoms with Crippen molar-refractivity contribution in [3.8, 4) is 5.75 Å². The first kappa shape index (κ1) is 17.9. The van der Waals surface area contributed by atoms with Gasteiger partial charge in [0.25, 0.3) is 0 Å². The van der Waals surface area contributed by atoms with Crippen LogP contribution < -0.4 is 10.1 Å². The molecule has 0 saturated heterocycles. The van der Waals surface area contributed by atoms with Gasteiger partial charge >= 0.3 is 0 Å². The lowest BCUT2D eigenvalue weighted by molar-refractivity contribution is -0.121. The second-order valence-corrected chi connectivity index (χ2v) is 6.16. The molecule has 0 unspecified atom stereocenters. The van der Waals surface area contributed by atoms with Crippen LogP contribution >= 0.6 is 0 Å². The highest BCUT2D eigenvalue weighted by Gasteiger charge is 2.04. The molecule has 0 aliphatic rings. The average molecular weight is 351 g/mol. The fourth-order valence-electron chi connectivity index (χ4n) is 2.86. The number of carbonyl (C=O) groups is 1. The lowest BCUT2D eigenvalue weighted by atomic mass is 10.1. The number of rotatable bonds is 8. The van der Waals surface area contributed by atoms with Crippen LogP contribution in [0.5, 0.6) is 5.75 Å². The molecular weight excluding hydrogens is 329 g/mol. The molecule has 1 amide bonds. The molecule has 0 fully saturated rings. The van der Waals surface area contributed by atoms with E-state index in [0.717, 1.165) is 22.1 Å². The summed E-state index contributed by atoms with van der Waals surface area (Å²) >= 11 is 0. The first-order valence-corrected chi connectivity index (χ1v) is 8.84. The van der Waals surface area contributed by atoms with E-state index in [-0.39, 0.29) is 11.7 Å². The molecule has 3 rings (SSSR count). The Morgan fingerprint density at radius 1 is 1.00 bits per heavy atom. The maximum atomic E-state index is 13.1. The Hall–Kier alpha value is -2.88. The van der Waals surface area contributed by atoms with Crippen LogP contribution in [-0.2, 0) is 11.2 Å². The Labute approximate surface area is 152 Å². The van der Waals surface area contributed by atoms with Crippen LogP contribution in [0.1, 0.15) is 18.4 Å². The molecule has 134 valence electrons. The van der Waals surface area contributed by atoms with Crippen molar-refractivity contribution in [1.82, 2.24) is 5.32 Å². The zero-order valence-corrected chi connectivity index (χ0v) is 14.6. The molecule has 0 spiro atoms. The molecule has 0 aromatic heterocycles. The SMILES string of the molecule is O=C(CCCOc1cccc2ccccc12)NCCc1cccc(F)c1. The molecule has 0 heterocycles. The van der Waals surface area contributed by atoms with Crippen molar-refractivity contribution in [2.45, 2.75) is 19.3 Å². The molecule has 4 heteroatoms. The summed E-state index contributed by atoms with van der Waals surface area (Å²) < 4.78 is 18.9. The van der Waals surface area contributed by atoms with Gasteiger partial charge in [-0.3, -0.25) is 4.79 Å². The monoisotopic (exact) mass is 351 g/mol. The second kappa shape index (κ2) is 8.99. The van der Waals surface area contributed by atoms with Gasteiger partial charge in [-0.15, -0.1) is 0 Å². The Balaban J connectivity index is 1.37. The van der Waals surface area contributed by atoms with E-state index in [9.17, 15) is 9.18 Å². The van der Waals surface area contributed by atoms with Gasteiger partial charge in [-0.25, -0.2) is 4.39 Å². The zero-order valence-electron chi connectivity index (χ0n) is 14.6. The Bertz CT molecular complexity index is 873. The molecule has 26 heavy (non-hydrogen) atoms. The van der Waals surface area contributed by atoms with E-state index >= 15 is 0 Å². The van der Waals surface area contributed by atoms with E-state index < -0.39 is 0 Å². The first-order valence-electron chi connectivity index (χ1n) is 8.84. The van der Waals surface area contributed by atoms with Crippen molar-refractivity contribution in [3.63, 3.8) is 0 Å². The fourth-order valence-corrected chi connectivity index (χ4v) is 2.86. The zero-order chi connectivity index (χ0) is 18.2. The van der Waals surface area contributed by atoms with E-state index in [1.54, 1.807) is 6.07 Å². The topological polar surface area (TPSA) is 38.3 Å². The highest BCUT2D eigenvalue weighted by Crippen LogP contribution is 2.25. The lowest BCUT2D eigenvalue weighted by Gasteiger charge is -2.09. The Morgan fingerprint density at radius 3 is 2.69 bits per heavy atom. The summed E-state index contributed by atoms with van der Waals surface area (Å²) in [7, 11) is 0. The predicted octanol–water partition coefficient (Wildman–Crippen LogP) is 4.50. The minimum Gasteiger partial charge on any atom is -0.493 e. The largest absolute Gasteiger partial charge is 0.493 e. The smallest absolute Gasteiger partial charge is 0.220 e. The summed E-state index contributed by atoms with van der Waals surface area (Å²) in [5.41, 5.74) is 0.879. The quantitative estimate of drug-likeness (QED) is 0.607. The van der Waals surface area contributed by atoms with Crippen LogP contribution in [0.3, 0.4) is 0 Å². The first-order chi connectivity index (χ1) is 12.7. The number of ether oxygens (including phenoxy) is 1. The van der Waals surface area contributed by atoms with Crippen LogP contribution in [0, 0.1) is 5.82 Å². The van der Waals surface area contributed by atoms with Gasteiger partial charge in [-0.1, -0.05) is 48.5 Å². The fraction of sp³-hybridized carbons (Fsp3) is 0.227. The number of carbonyl (C=O) groups excluding carboxylic acids is 1. The van der Waals surface area contributed by atoms with Crippen molar-refractivity contribution in [2.24, 2.45) is 0 Å². The van der Waals surface area contributed by atoms with Crippen molar-refractivity contribution < 1.29 is 13.9 Å². The molecule has 0 atom stereocenters. The van der Waals surface area contributed by atoms with Crippen molar-refractivity contribution >= 4 is 16.7 Å². The normalized spacial score (nSPS) is 10.7. The molecule has 0 bridgehead atoms. The highest BCUT2D eigenvalue weighted by atomic mass is 19.1. The number of benzene rings is 3. The van der Waals surface area contributed by atoms with Gasteiger partial charge in [0, 0.05) is 18.4 Å². The van der Waals surface area contributed by atoms with Gasteiger partial charge in [0.2, 0.25) is 5.91 Å². The molecular formula is C22H22FNO2.